The van der Waals surface area contributed by atoms with Gasteiger partial charge in [-0.15, -0.1) is 5.10 Å². The lowest BCUT2D eigenvalue weighted by atomic mass is 10.1. The normalized spacial score (nSPS) is 13.8. The first-order chi connectivity index (χ1) is 8.88. The van der Waals surface area contributed by atoms with E-state index in [9.17, 15) is 18.3 Å². The number of aliphatic hydroxyl groups is 1. The predicted octanol–water partition coefficient (Wildman–Crippen LogP) is 2.20. The van der Waals surface area contributed by atoms with E-state index in [1.807, 2.05) is 0 Å². The molecular formula is C11H12F3N3O2. The Balaban J connectivity index is 2.71. The molecule has 0 fully saturated rings. The third-order valence-electron chi connectivity index (χ3n) is 2.69. The van der Waals surface area contributed by atoms with Gasteiger partial charge in [0.15, 0.2) is 5.65 Å². The number of pyridine rings is 1. The molecule has 8 heteroatoms. The smallest absolute Gasteiger partial charge is 0.453 e. The third kappa shape index (κ3) is 2.35. The Morgan fingerprint density at radius 3 is 2.63 bits per heavy atom. The van der Waals surface area contributed by atoms with E-state index >= 15 is 0 Å². The zero-order valence-electron chi connectivity index (χ0n) is 10.3. The van der Waals surface area contributed by atoms with Gasteiger partial charge in [0.25, 0.3) is 5.82 Å². The number of hydrogen-bond acceptors (Lipinski definition) is 4. The van der Waals surface area contributed by atoms with Gasteiger partial charge in [0.2, 0.25) is 5.88 Å². The highest BCUT2D eigenvalue weighted by molar-refractivity contribution is 5.51. The van der Waals surface area contributed by atoms with Crippen LogP contribution in [-0.4, -0.2) is 26.8 Å². The second-order valence-corrected chi connectivity index (χ2v) is 3.92. The molecule has 0 saturated carbocycles. The highest BCUT2D eigenvalue weighted by atomic mass is 19.4. The lowest BCUT2D eigenvalue weighted by molar-refractivity contribution is -0.144. The largest absolute Gasteiger partial charge is 0.481 e. The summed E-state index contributed by atoms with van der Waals surface area (Å²) in [5, 5.41) is 13.2. The molecule has 1 N–H and O–H groups in total. The number of hydrogen-bond donors (Lipinski definition) is 1. The van der Waals surface area contributed by atoms with Crippen molar-refractivity contribution in [2.45, 2.75) is 25.6 Å². The number of aliphatic hydroxyl groups excluding tert-OH is 1. The van der Waals surface area contributed by atoms with Crippen molar-refractivity contribution in [1.82, 2.24) is 14.6 Å². The first-order valence-corrected chi connectivity index (χ1v) is 5.57. The van der Waals surface area contributed by atoms with Crippen LogP contribution in [0.1, 0.15) is 30.8 Å². The van der Waals surface area contributed by atoms with Gasteiger partial charge < -0.3 is 9.84 Å². The Kier molecular flexibility index (Phi) is 3.36. The standard InChI is InChI=1S/C11H12F3N3O2/c1-3-7(18)6-4-5-8(19-2)17-9(6)15-10(16-17)11(12,13)14/h4-5,7,18H,3H2,1-2H3. The number of methoxy groups -OCH3 is 1. The molecule has 2 aromatic heterocycles. The van der Waals surface area contributed by atoms with Crippen molar-refractivity contribution >= 4 is 5.65 Å². The molecule has 104 valence electrons. The summed E-state index contributed by atoms with van der Waals surface area (Å²) in [6, 6.07) is 2.92. The molecule has 0 bridgehead atoms. The van der Waals surface area contributed by atoms with Crippen LogP contribution in [0.2, 0.25) is 0 Å². The van der Waals surface area contributed by atoms with E-state index in [0.29, 0.717) is 6.42 Å². The van der Waals surface area contributed by atoms with Gasteiger partial charge in [0.1, 0.15) is 0 Å². The average Bonchev–Trinajstić information content (AvgIpc) is 2.81. The molecule has 5 nitrogen and oxygen atoms in total. The molecule has 0 aliphatic rings. The Morgan fingerprint density at radius 2 is 2.11 bits per heavy atom. The number of fused-ring (bicyclic) bond motifs is 1. The van der Waals surface area contributed by atoms with Gasteiger partial charge in [-0.25, -0.2) is 4.98 Å². The predicted molar refractivity (Wildman–Crippen MR) is 59.8 cm³/mol. The minimum Gasteiger partial charge on any atom is -0.481 e. The van der Waals surface area contributed by atoms with Crippen LogP contribution in [0, 0.1) is 0 Å². The quantitative estimate of drug-likeness (QED) is 0.933. The molecule has 0 saturated heterocycles. The number of aromatic nitrogens is 3. The summed E-state index contributed by atoms with van der Waals surface area (Å²) in [7, 11) is 1.32. The number of nitrogens with zero attached hydrogens (tertiary/aromatic N) is 3. The van der Waals surface area contributed by atoms with Gasteiger partial charge in [0, 0.05) is 11.6 Å². The van der Waals surface area contributed by atoms with E-state index in [4.69, 9.17) is 4.74 Å². The number of ether oxygens (including phenoxy) is 1. The van der Waals surface area contributed by atoms with E-state index in [2.05, 4.69) is 10.1 Å². The lowest BCUT2D eigenvalue weighted by Crippen LogP contribution is -2.07. The van der Waals surface area contributed by atoms with Crippen molar-refractivity contribution in [2.75, 3.05) is 7.11 Å². The average molecular weight is 275 g/mol. The van der Waals surface area contributed by atoms with E-state index < -0.39 is 18.1 Å². The molecule has 0 amide bonds. The first kappa shape index (κ1) is 13.6. The Bertz CT molecular complexity index is 595. The lowest BCUT2D eigenvalue weighted by Gasteiger charge is -2.10. The minimum atomic E-state index is -4.65. The summed E-state index contributed by atoms with van der Waals surface area (Å²) >= 11 is 0. The molecule has 0 radical (unpaired) electrons. The molecule has 2 aromatic rings. The maximum atomic E-state index is 12.6. The zero-order valence-corrected chi connectivity index (χ0v) is 10.3. The van der Waals surface area contributed by atoms with Crippen molar-refractivity contribution in [1.29, 1.82) is 0 Å². The van der Waals surface area contributed by atoms with Crippen LogP contribution in [0.25, 0.3) is 5.65 Å². The summed E-state index contributed by atoms with van der Waals surface area (Å²) in [5.41, 5.74) is 0.229. The van der Waals surface area contributed by atoms with Crippen LogP contribution in [-0.2, 0) is 6.18 Å². The monoisotopic (exact) mass is 275 g/mol. The summed E-state index contributed by atoms with van der Waals surface area (Å²) < 4.78 is 43.8. The van der Waals surface area contributed by atoms with Crippen LogP contribution >= 0.6 is 0 Å². The number of rotatable bonds is 3. The molecule has 1 atom stereocenters. The van der Waals surface area contributed by atoms with Crippen LogP contribution < -0.4 is 4.74 Å². The minimum absolute atomic E-state index is 0.0546. The molecule has 0 spiro atoms. The van der Waals surface area contributed by atoms with E-state index in [-0.39, 0.29) is 17.1 Å². The van der Waals surface area contributed by atoms with Crippen molar-refractivity contribution in [3.63, 3.8) is 0 Å². The molecular weight excluding hydrogens is 263 g/mol. The first-order valence-electron chi connectivity index (χ1n) is 5.57. The van der Waals surface area contributed by atoms with Gasteiger partial charge in [-0.3, -0.25) is 0 Å². The summed E-state index contributed by atoms with van der Waals surface area (Å²) in [5.74, 6) is -1.15. The Morgan fingerprint density at radius 1 is 1.42 bits per heavy atom. The summed E-state index contributed by atoms with van der Waals surface area (Å²) in [6.45, 7) is 1.71. The Labute approximate surface area is 106 Å². The van der Waals surface area contributed by atoms with Crippen LogP contribution in [0.5, 0.6) is 5.88 Å². The van der Waals surface area contributed by atoms with Gasteiger partial charge in [-0.05, 0) is 12.5 Å². The fourth-order valence-electron chi connectivity index (χ4n) is 1.71. The highest BCUT2D eigenvalue weighted by Gasteiger charge is 2.37. The molecule has 2 heterocycles. The molecule has 0 aliphatic carbocycles. The van der Waals surface area contributed by atoms with Gasteiger partial charge in [-0.1, -0.05) is 6.92 Å². The second-order valence-electron chi connectivity index (χ2n) is 3.92. The maximum Gasteiger partial charge on any atom is 0.453 e. The number of halogens is 3. The summed E-state index contributed by atoms with van der Waals surface area (Å²) in [6.07, 6.45) is -5.19. The maximum absolute atomic E-state index is 12.6. The second kappa shape index (κ2) is 4.69. The zero-order chi connectivity index (χ0) is 14.2. The topological polar surface area (TPSA) is 59.7 Å². The van der Waals surface area contributed by atoms with E-state index in [1.54, 1.807) is 6.92 Å². The summed E-state index contributed by atoms with van der Waals surface area (Å²) in [4.78, 5) is 3.45. The SMILES string of the molecule is CCC(O)c1ccc(OC)n2nc(C(F)(F)F)nc12. The molecule has 2 rings (SSSR count). The fraction of sp³-hybridized carbons (Fsp3) is 0.455. The van der Waals surface area contributed by atoms with Crippen molar-refractivity contribution in [3.05, 3.63) is 23.5 Å². The molecule has 1 unspecified atom stereocenters. The van der Waals surface area contributed by atoms with E-state index in [0.717, 1.165) is 4.52 Å². The molecule has 0 aromatic carbocycles. The van der Waals surface area contributed by atoms with Crippen LogP contribution in [0.15, 0.2) is 12.1 Å². The van der Waals surface area contributed by atoms with Gasteiger partial charge >= 0.3 is 6.18 Å². The third-order valence-corrected chi connectivity index (χ3v) is 2.69. The number of alkyl halides is 3. The van der Waals surface area contributed by atoms with Crippen molar-refractivity contribution < 1.29 is 23.0 Å². The Hall–Kier alpha value is -1.83. The van der Waals surface area contributed by atoms with Crippen molar-refractivity contribution in [2.24, 2.45) is 0 Å². The van der Waals surface area contributed by atoms with Crippen LogP contribution in [0.3, 0.4) is 0 Å². The van der Waals surface area contributed by atoms with Gasteiger partial charge in [-0.2, -0.15) is 17.7 Å². The fourth-order valence-corrected chi connectivity index (χ4v) is 1.71. The van der Waals surface area contributed by atoms with Gasteiger partial charge in [0.05, 0.1) is 13.2 Å². The van der Waals surface area contributed by atoms with E-state index in [1.165, 1.54) is 19.2 Å². The molecule has 19 heavy (non-hydrogen) atoms. The highest BCUT2D eigenvalue weighted by Crippen LogP contribution is 2.30. The van der Waals surface area contributed by atoms with Crippen molar-refractivity contribution in [3.8, 4) is 5.88 Å². The molecule has 0 aliphatic heterocycles. The van der Waals surface area contributed by atoms with Crippen LogP contribution in [0.4, 0.5) is 13.2 Å².